The third kappa shape index (κ3) is 3.74. The van der Waals surface area contributed by atoms with E-state index in [0.717, 1.165) is 0 Å². The summed E-state index contributed by atoms with van der Waals surface area (Å²) >= 11 is 0. The van der Waals surface area contributed by atoms with Gasteiger partial charge < -0.3 is 19.6 Å². The van der Waals surface area contributed by atoms with E-state index >= 15 is 0 Å². The van der Waals surface area contributed by atoms with Crippen molar-refractivity contribution in [2.75, 3.05) is 13.2 Å². The van der Waals surface area contributed by atoms with Gasteiger partial charge in [0, 0.05) is 0 Å². The highest BCUT2D eigenvalue weighted by Gasteiger charge is 2.36. The van der Waals surface area contributed by atoms with E-state index in [1.54, 1.807) is 6.92 Å². The molecule has 0 amide bonds. The second-order valence-corrected chi connectivity index (χ2v) is 3.21. The molecule has 0 saturated heterocycles. The minimum Gasteiger partial charge on any atom is -0.323 e. The lowest BCUT2D eigenvalue weighted by molar-refractivity contribution is -0.344. The lowest BCUT2D eigenvalue weighted by Crippen LogP contribution is -2.47. The molecule has 4 heteroatoms. The van der Waals surface area contributed by atoms with Gasteiger partial charge in [0.15, 0.2) is 0 Å². The molecule has 0 aliphatic heterocycles. The average molecular weight is 203 g/mol. The first kappa shape index (κ1) is 13.5. The Kier molecular flexibility index (Phi) is 5.92. The van der Waals surface area contributed by atoms with Crippen molar-refractivity contribution >= 4 is 5.71 Å². The molecule has 0 fully saturated rings. The van der Waals surface area contributed by atoms with E-state index in [-0.39, 0.29) is 11.8 Å². The highest BCUT2D eigenvalue weighted by molar-refractivity contribution is 5.84. The van der Waals surface area contributed by atoms with Gasteiger partial charge in [-0.05, 0) is 34.6 Å². The van der Waals surface area contributed by atoms with Crippen LogP contribution in [-0.2, 0) is 14.2 Å². The van der Waals surface area contributed by atoms with Crippen LogP contribution in [0.15, 0.2) is 0 Å². The van der Waals surface area contributed by atoms with Gasteiger partial charge in [-0.2, -0.15) is 0 Å². The molecule has 0 bridgehead atoms. The summed E-state index contributed by atoms with van der Waals surface area (Å²) in [6.45, 7) is 9.98. The van der Waals surface area contributed by atoms with Gasteiger partial charge in [-0.25, -0.2) is 0 Å². The average Bonchev–Trinajstić information content (AvgIpc) is 2.03. The molecule has 0 rings (SSSR count). The van der Waals surface area contributed by atoms with Crippen LogP contribution in [-0.4, -0.2) is 31.0 Å². The van der Waals surface area contributed by atoms with Crippen molar-refractivity contribution in [3.05, 3.63) is 0 Å². The van der Waals surface area contributed by atoms with Crippen LogP contribution in [0.25, 0.3) is 0 Å². The van der Waals surface area contributed by atoms with Crippen molar-refractivity contribution in [1.29, 1.82) is 5.41 Å². The lowest BCUT2D eigenvalue weighted by atomic mass is 10.3. The topological polar surface area (TPSA) is 51.5 Å². The molecule has 0 aliphatic carbocycles. The molecule has 0 spiro atoms. The fourth-order valence-electron chi connectivity index (χ4n) is 1.10. The summed E-state index contributed by atoms with van der Waals surface area (Å²) in [5.74, 6) is -1.29. The van der Waals surface area contributed by atoms with E-state index in [0.29, 0.717) is 13.2 Å². The number of rotatable bonds is 7. The summed E-state index contributed by atoms with van der Waals surface area (Å²) in [4.78, 5) is 0. The zero-order chi connectivity index (χ0) is 11.2. The fraction of sp³-hybridized carbons (Fsp3) is 0.900. The van der Waals surface area contributed by atoms with Crippen LogP contribution in [0, 0.1) is 5.41 Å². The lowest BCUT2D eigenvalue weighted by Gasteiger charge is -2.33. The molecule has 0 aromatic rings. The second kappa shape index (κ2) is 6.11. The van der Waals surface area contributed by atoms with Crippen LogP contribution < -0.4 is 0 Å². The van der Waals surface area contributed by atoms with Crippen LogP contribution in [0.3, 0.4) is 0 Å². The summed E-state index contributed by atoms with van der Waals surface area (Å²) in [6.07, 6.45) is -0.0478. The molecule has 0 saturated carbocycles. The van der Waals surface area contributed by atoms with Crippen molar-refractivity contribution in [1.82, 2.24) is 0 Å². The maximum atomic E-state index is 7.62. The normalized spacial score (nSPS) is 12.1. The Labute approximate surface area is 86.0 Å². The van der Waals surface area contributed by atoms with Gasteiger partial charge in [0.25, 0.3) is 0 Å². The number of hydrogen-bond donors (Lipinski definition) is 1. The van der Waals surface area contributed by atoms with Crippen LogP contribution in [0.1, 0.15) is 34.6 Å². The van der Waals surface area contributed by atoms with Crippen molar-refractivity contribution in [2.45, 2.75) is 46.7 Å². The third-order valence-electron chi connectivity index (χ3n) is 1.52. The van der Waals surface area contributed by atoms with Gasteiger partial charge >= 0.3 is 5.97 Å². The summed E-state index contributed by atoms with van der Waals surface area (Å²) < 4.78 is 16.3. The maximum absolute atomic E-state index is 7.62. The standard InChI is InChI=1S/C10H21NO3/c1-6-12-10(9(5)11,13-7-2)14-8(3)4/h8,11H,6-7H2,1-5H3. The highest BCUT2D eigenvalue weighted by atomic mass is 16.9. The SMILES string of the molecule is CCOC(OCC)(OC(C)C)C(C)=N. The first-order chi connectivity index (χ1) is 6.48. The molecule has 0 radical (unpaired) electrons. The van der Waals surface area contributed by atoms with Crippen LogP contribution in [0.2, 0.25) is 0 Å². The van der Waals surface area contributed by atoms with Crippen molar-refractivity contribution in [3.63, 3.8) is 0 Å². The van der Waals surface area contributed by atoms with Crippen molar-refractivity contribution in [3.8, 4) is 0 Å². The monoisotopic (exact) mass is 203 g/mol. The summed E-state index contributed by atoms with van der Waals surface area (Å²) in [6, 6.07) is 0. The van der Waals surface area contributed by atoms with Crippen LogP contribution in [0.5, 0.6) is 0 Å². The third-order valence-corrected chi connectivity index (χ3v) is 1.52. The van der Waals surface area contributed by atoms with Crippen molar-refractivity contribution < 1.29 is 14.2 Å². The molecule has 84 valence electrons. The molecule has 0 aromatic heterocycles. The number of ether oxygens (including phenoxy) is 3. The molecular weight excluding hydrogens is 182 g/mol. The zero-order valence-electron chi connectivity index (χ0n) is 9.72. The van der Waals surface area contributed by atoms with Gasteiger partial charge in [-0.15, -0.1) is 0 Å². The van der Waals surface area contributed by atoms with E-state index in [9.17, 15) is 0 Å². The predicted molar refractivity (Wildman–Crippen MR) is 55.6 cm³/mol. The van der Waals surface area contributed by atoms with E-state index < -0.39 is 5.97 Å². The van der Waals surface area contributed by atoms with Gasteiger partial charge in [-0.1, -0.05) is 0 Å². The molecule has 0 atom stereocenters. The Morgan fingerprint density at radius 1 is 1.21 bits per heavy atom. The molecule has 0 unspecified atom stereocenters. The van der Waals surface area contributed by atoms with Gasteiger partial charge in [0.2, 0.25) is 0 Å². The fourth-order valence-corrected chi connectivity index (χ4v) is 1.10. The Hall–Kier alpha value is -0.450. The molecule has 1 N–H and O–H groups in total. The van der Waals surface area contributed by atoms with Gasteiger partial charge in [-0.3, -0.25) is 0 Å². The van der Waals surface area contributed by atoms with Crippen LogP contribution in [0.4, 0.5) is 0 Å². The maximum Gasteiger partial charge on any atom is 0.325 e. The molecule has 0 aliphatic rings. The van der Waals surface area contributed by atoms with E-state index in [4.69, 9.17) is 19.6 Å². The van der Waals surface area contributed by atoms with E-state index in [1.807, 2.05) is 27.7 Å². The Morgan fingerprint density at radius 2 is 1.64 bits per heavy atom. The van der Waals surface area contributed by atoms with Crippen molar-refractivity contribution in [2.24, 2.45) is 0 Å². The smallest absolute Gasteiger partial charge is 0.323 e. The minimum absolute atomic E-state index is 0.0478. The Morgan fingerprint density at radius 3 is 1.86 bits per heavy atom. The summed E-state index contributed by atoms with van der Waals surface area (Å²) in [7, 11) is 0. The highest BCUT2D eigenvalue weighted by Crippen LogP contribution is 2.19. The van der Waals surface area contributed by atoms with E-state index in [2.05, 4.69) is 0 Å². The molecule has 0 aromatic carbocycles. The summed E-state index contributed by atoms with van der Waals surface area (Å²) in [5.41, 5.74) is 0.231. The van der Waals surface area contributed by atoms with Crippen LogP contribution >= 0.6 is 0 Å². The molecular formula is C10H21NO3. The van der Waals surface area contributed by atoms with Gasteiger partial charge in [0.1, 0.15) is 0 Å². The Bertz CT molecular complexity index is 174. The van der Waals surface area contributed by atoms with E-state index in [1.165, 1.54) is 0 Å². The predicted octanol–water partition coefficient (Wildman–Crippen LogP) is 2.18. The largest absolute Gasteiger partial charge is 0.325 e. The summed E-state index contributed by atoms with van der Waals surface area (Å²) in [5, 5.41) is 7.62. The minimum atomic E-state index is -1.29. The zero-order valence-corrected chi connectivity index (χ0v) is 9.72. The van der Waals surface area contributed by atoms with Gasteiger partial charge in [0.05, 0.1) is 25.0 Å². The first-order valence-corrected chi connectivity index (χ1v) is 4.99. The molecule has 4 nitrogen and oxygen atoms in total. The first-order valence-electron chi connectivity index (χ1n) is 4.99. The molecule has 14 heavy (non-hydrogen) atoms. The quantitative estimate of drug-likeness (QED) is 0.509. The Balaban J connectivity index is 4.64. The molecule has 0 heterocycles. The second-order valence-electron chi connectivity index (χ2n) is 3.21. The number of nitrogens with one attached hydrogen (secondary N) is 1. The number of hydrogen-bond acceptors (Lipinski definition) is 4.